The van der Waals surface area contributed by atoms with Gasteiger partial charge in [0.2, 0.25) is 0 Å². The molecule has 0 atom stereocenters. The maximum Gasteiger partial charge on any atom is 0.0558 e. The van der Waals surface area contributed by atoms with Gasteiger partial charge >= 0.3 is 0 Å². The van der Waals surface area contributed by atoms with Crippen LogP contribution in [0.4, 0.5) is 0 Å². The van der Waals surface area contributed by atoms with E-state index in [0.29, 0.717) is 6.54 Å². The molecule has 0 bridgehead atoms. The first-order chi connectivity index (χ1) is 6.66. The highest BCUT2D eigenvalue weighted by Gasteiger charge is 2.43. The molecule has 1 aromatic heterocycles. The van der Waals surface area contributed by atoms with Crippen LogP contribution in [-0.4, -0.2) is 22.7 Å². The van der Waals surface area contributed by atoms with Crippen LogP contribution in [0.2, 0.25) is 0 Å². The highest BCUT2D eigenvalue weighted by atomic mass is 16.3. The molecule has 3 heteroatoms. The molecule has 1 saturated carbocycles. The molecule has 1 aromatic rings. The third-order valence-corrected chi connectivity index (χ3v) is 3.13. The van der Waals surface area contributed by atoms with Crippen molar-refractivity contribution in [1.29, 1.82) is 0 Å². The zero-order valence-electron chi connectivity index (χ0n) is 8.40. The fraction of sp³-hybridized carbons (Fsp3) is 0.545. The number of aliphatic hydroxyl groups excluding tert-OH is 1. The van der Waals surface area contributed by atoms with Crippen LogP contribution in [0.25, 0.3) is 0 Å². The van der Waals surface area contributed by atoms with Crippen molar-refractivity contribution in [3.63, 3.8) is 0 Å². The lowest BCUT2D eigenvalue weighted by atomic mass is 9.63. The lowest BCUT2D eigenvalue weighted by Crippen LogP contribution is -2.49. The van der Waals surface area contributed by atoms with Crippen molar-refractivity contribution in [3.8, 4) is 0 Å². The Balaban J connectivity index is 2.29. The SMILES string of the molecule is Cc1cncc(C2(CN)CC(O)C2)c1. The number of rotatable bonds is 2. The van der Waals surface area contributed by atoms with E-state index < -0.39 is 0 Å². The summed E-state index contributed by atoms with van der Waals surface area (Å²) in [5.74, 6) is 0. The van der Waals surface area contributed by atoms with Gasteiger partial charge in [0.25, 0.3) is 0 Å². The van der Waals surface area contributed by atoms with E-state index in [1.54, 1.807) is 0 Å². The van der Waals surface area contributed by atoms with Gasteiger partial charge in [-0.15, -0.1) is 0 Å². The maximum absolute atomic E-state index is 9.37. The number of aliphatic hydroxyl groups is 1. The summed E-state index contributed by atoms with van der Waals surface area (Å²) < 4.78 is 0. The van der Waals surface area contributed by atoms with E-state index in [1.807, 2.05) is 19.3 Å². The van der Waals surface area contributed by atoms with Crippen LogP contribution in [-0.2, 0) is 5.41 Å². The minimum atomic E-state index is -0.181. The number of aryl methyl sites for hydroxylation is 1. The normalized spacial score (nSPS) is 31.2. The van der Waals surface area contributed by atoms with Crippen LogP contribution in [0.15, 0.2) is 18.5 Å². The van der Waals surface area contributed by atoms with E-state index in [1.165, 1.54) is 5.56 Å². The molecule has 1 aliphatic rings. The second kappa shape index (κ2) is 3.33. The monoisotopic (exact) mass is 192 g/mol. The molecule has 0 unspecified atom stereocenters. The molecular weight excluding hydrogens is 176 g/mol. The molecule has 0 amide bonds. The average molecular weight is 192 g/mol. The van der Waals surface area contributed by atoms with Crippen molar-refractivity contribution < 1.29 is 5.11 Å². The molecule has 0 saturated heterocycles. The van der Waals surface area contributed by atoms with E-state index in [-0.39, 0.29) is 11.5 Å². The van der Waals surface area contributed by atoms with Crippen molar-refractivity contribution in [3.05, 3.63) is 29.6 Å². The van der Waals surface area contributed by atoms with Gasteiger partial charge < -0.3 is 10.8 Å². The minimum absolute atomic E-state index is 0.0154. The van der Waals surface area contributed by atoms with E-state index in [9.17, 15) is 5.11 Å². The van der Waals surface area contributed by atoms with Gasteiger partial charge in [0, 0.05) is 24.4 Å². The zero-order valence-corrected chi connectivity index (χ0v) is 8.40. The zero-order chi connectivity index (χ0) is 10.2. The Bertz CT molecular complexity index is 332. The predicted molar refractivity (Wildman–Crippen MR) is 54.9 cm³/mol. The summed E-state index contributed by atoms with van der Waals surface area (Å²) in [5, 5.41) is 9.37. The first-order valence-electron chi connectivity index (χ1n) is 4.96. The molecule has 3 N–H and O–H groups in total. The lowest BCUT2D eigenvalue weighted by molar-refractivity contribution is 0.0220. The van der Waals surface area contributed by atoms with Crippen LogP contribution in [0.5, 0.6) is 0 Å². The van der Waals surface area contributed by atoms with Crippen LogP contribution < -0.4 is 5.73 Å². The Hall–Kier alpha value is -0.930. The topological polar surface area (TPSA) is 59.1 Å². The number of pyridine rings is 1. The summed E-state index contributed by atoms with van der Waals surface area (Å²) in [6.07, 6.45) is 5.07. The number of nitrogens with zero attached hydrogens (tertiary/aromatic N) is 1. The molecule has 0 spiro atoms. The van der Waals surface area contributed by atoms with Crippen LogP contribution in [0, 0.1) is 6.92 Å². The fourth-order valence-electron chi connectivity index (χ4n) is 2.21. The van der Waals surface area contributed by atoms with Crippen molar-refractivity contribution in [1.82, 2.24) is 4.98 Å². The van der Waals surface area contributed by atoms with Gasteiger partial charge in [0.1, 0.15) is 0 Å². The Kier molecular flexibility index (Phi) is 2.29. The van der Waals surface area contributed by atoms with Gasteiger partial charge in [0.15, 0.2) is 0 Å². The van der Waals surface area contributed by atoms with E-state index in [2.05, 4.69) is 11.1 Å². The predicted octanol–water partition coefficient (Wildman–Crippen LogP) is 0.741. The average Bonchev–Trinajstić information content (AvgIpc) is 2.12. The van der Waals surface area contributed by atoms with Gasteiger partial charge in [-0.05, 0) is 30.9 Å². The number of hydrogen-bond donors (Lipinski definition) is 2. The Morgan fingerprint density at radius 2 is 2.29 bits per heavy atom. The largest absolute Gasteiger partial charge is 0.393 e. The lowest BCUT2D eigenvalue weighted by Gasteiger charge is -2.45. The van der Waals surface area contributed by atoms with Crippen LogP contribution in [0.3, 0.4) is 0 Å². The molecule has 2 rings (SSSR count). The third-order valence-electron chi connectivity index (χ3n) is 3.13. The van der Waals surface area contributed by atoms with Crippen LogP contribution in [0.1, 0.15) is 24.0 Å². The smallest absolute Gasteiger partial charge is 0.0558 e. The molecule has 14 heavy (non-hydrogen) atoms. The number of hydrogen-bond acceptors (Lipinski definition) is 3. The van der Waals surface area contributed by atoms with E-state index >= 15 is 0 Å². The molecule has 3 nitrogen and oxygen atoms in total. The highest BCUT2D eigenvalue weighted by molar-refractivity contribution is 5.30. The van der Waals surface area contributed by atoms with Crippen molar-refractivity contribution in [2.75, 3.05) is 6.54 Å². The Morgan fingerprint density at radius 3 is 2.79 bits per heavy atom. The summed E-state index contributed by atoms with van der Waals surface area (Å²) in [7, 11) is 0. The summed E-state index contributed by atoms with van der Waals surface area (Å²) in [6, 6.07) is 2.12. The first kappa shape index (κ1) is 9.62. The molecule has 0 aliphatic heterocycles. The molecule has 0 radical (unpaired) electrons. The quantitative estimate of drug-likeness (QED) is 0.726. The van der Waals surface area contributed by atoms with Crippen molar-refractivity contribution in [2.24, 2.45) is 5.73 Å². The minimum Gasteiger partial charge on any atom is -0.393 e. The standard InChI is InChI=1S/C11H16N2O/c1-8-2-9(6-13-5-8)11(7-12)3-10(14)4-11/h2,5-6,10,14H,3-4,7,12H2,1H3. The van der Waals surface area contributed by atoms with Gasteiger partial charge in [-0.2, -0.15) is 0 Å². The molecule has 1 fully saturated rings. The Morgan fingerprint density at radius 1 is 1.57 bits per heavy atom. The highest BCUT2D eigenvalue weighted by Crippen LogP contribution is 2.42. The second-order valence-electron chi connectivity index (χ2n) is 4.30. The summed E-state index contributed by atoms with van der Waals surface area (Å²) >= 11 is 0. The summed E-state index contributed by atoms with van der Waals surface area (Å²) in [5.41, 5.74) is 8.08. The van der Waals surface area contributed by atoms with Gasteiger partial charge in [-0.25, -0.2) is 0 Å². The van der Waals surface area contributed by atoms with E-state index in [4.69, 9.17) is 5.73 Å². The molecule has 76 valence electrons. The van der Waals surface area contributed by atoms with Gasteiger partial charge in [-0.1, -0.05) is 6.07 Å². The third kappa shape index (κ3) is 1.42. The molecule has 1 heterocycles. The van der Waals surface area contributed by atoms with Crippen LogP contribution >= 0.6 is 0 Å². The number of nitrogens with two attached hydrogens (primary N) is 1. The van der Waals surface area contributed by atoms with Gasteiger partial charge in [-0.3, -0.25) is 4.98 Å². The second-order valence-corrected chi connectivity index (χ2v) is 4.30. The number of aromatic nitrogens is 1. The van der Waals surface area contributed by atoms with Crippen molar-refractivity contribution in [2.45, 2.75) is 31.3 Å². The van der Waals surface area contributed by atoms with E-state index in [0.717, 1.165) is 18.4 Å². The maximum atomic E-state index is 9.37. The molecule has 0 aromatic carbocycles. The molecule has 1 aliphatic carbocycles. The van der Waals surface area contributed by atoms with Crippen molar-refractivity contribution >= 4 is 0 Å². The molecular formula is C11H16N2O. The summed E-state index contributed by atoms with van der Waals surface area (Å²) in [4.78, 5) is 4.17. The first-order valence-corrected chi connectivity index (χ1v) is 4.96. The fourth-order valence-corrected chi connectivity index (χ4v) is 2.21. The Labute approximate surface area is 84.0 Å². The summed E-state index contributed by atoms with van der Waals surface area (Å²) in [6.45, 7) is 2.62. The van der Waals surface area contributed by atoms with Gasteiger partial charge in [0.05, 0.1) is 6.10 Å².